The van der Waals surface area contributed by atoms with Crippen LogP contribution in [0, 0.1) is 5.92 Å². The fourth-order valence-corrected chi connectivity index (χ4v) is 3.15. The summed E-state index contributed by atoms with van der Waals surface area (Å²) in [5.74, 6) is 1.06. The average molecular weight is 299 g/mol. The molecule has 3 rings (SSSR count). The Morgan fingerprint density at radius 1 is 1.41 bits per heavy atom. The predicted octanol–water partition coefficient (Wildman–Crippen LogP) is 2.97. The molecule has 2 N–H and O–H groups in total. The number of nitrogens with zero attached hydrogens (tertiary/aromatic N) is 1. The molecule has 1 aliphatic rings. The molecule has 1 saturated heterocycles. The Bertz CT molecular complexity index is 674. The Morgan fingerprint density at radius 3 is 2.91 bits per heavy atom. The van der Waals surface area contributed by atoms with Gasteiger partial charge in [0.05, 0.1) is 0 Å². The van der Waals surface area contributed by atoms with Crippen LogP contribution in [0.3, 0.4) is 0 Å². The summed E-state index contributed by atoms with van der Waals surface area (Å²) in [6.07, 6.45) is 1.17. The van der Waals surface area contributed by atoms with Crippen molar-refractivity contribution < 1.29 is 4.79 Å². The smallest absolute Gasteiger partial charge is 0.267 e. The Morgan fingerprint density at radius 2 is 2.23 bits per heavy atom. The highest BCUT2D eigenvalue weighted by molar-refractivity contribution is 5.98. The van der Waals surface area contributed by atoms with Gasteiger partial charge in [-0.15, -0.1) is 0 Å². The van der Waals surface area contributed by atoms with Gasteiger partial charge in [-0.1, -0.05) is 26.0 Å². The zero-order valence-electron chi connectivity index (χ0n) is 13.6. The Balaban J connectivity index is 1.68. The lowest BCUT2D eigenvalue weighted by atomic mass is 10.0. The first kappa shape index (κ1) is 15.1. The highest BCUT2D eigenvalue weighted by Gasteiger charge is 2.20. The first-order valence-corrected chi connectivity index (χ1v) is 8.12. The van der Waals surface area contributed by atoms with Crippen molar-refractivity contribution in [1.82, 2.24) is 15.2 Å². The molecule has 1 aliphatic heterocycles. The number of aromatic nitrogens is 1. The summed E-state index contributed by atoms with van der Waals surface area (Å²) in [4.78, 5) is 17.9. The van der Waals surface area contributed by atoms with Crippen LogP contribution in [0.1, 0.15) is 42.2 Å². The second-order valence-electron chi connectivity index (χ2n) is 6.81. The molecule has 0 unspecified atom stereocenters. The SMILES string of the molecule is CC(C)c1ccc2cc(C(=O)NC[C@H]3CCN(C)C3)[nH]c2c1. The second kappa shape index (κ2) is 6.13. The van der Waals surface area contributed by atoms with Gasteiger partial charge in [0, 0.05) is 24.0 Å². The van der Waals surface area contributed by atoms with Crippen molar-refractivity contribution in [2.45, 2.75) is 26.2 Å². The molecule has 1 atom stereocenters. The Labute approximate surface area is 131 Å². The number of carbonyl (C=O) groups excluding carboxylic acids is 1. The first-order valence-electron chi connectivity index (χ1n) is 8.12. The van der Waals surface area contributed by atoms with Gasteiger partial charge in [0.1, 0.15) is 5.69 Å². The average Bonchev–Trinajstić information content (AvgIpc) is 3.09. The molecule has 0 spiro atoms. The Kier molecular flexibility index (Phi) is 4.21. The molecule has 4 heteroatoms. The fourth-order valence-electron chi connectivity index (χ4n) is 3.15. The van der Waals surface area contributed by atoms with E-state index in [1.807, 2.05) is 6.07 Å². The Hall–Kier alpha value is -1.81. The standard InChI is InChI=1S/C18H25N3O/c1-12(2)14-4-5-15-9-17(20-16(15)8-14)18(22)19-10-13-6-7-21(3)11-13/h4-5,8-9,12-13,20H,6-7,10-11H2,1-3H3,(H,19,22)/t13-/m1/s1. The van der Waals surface area contributed by atoms with Gasteiger partial charge in [0.25, 0.3) is 5.91 Å². The molecule has 0 radical (unpaired) electrons. The summed E-state index contributed by atoms with van der Waals surface area (Å²) in [6, 6.07) is 8.30. The van der Waals surface area contributed by atoms with Crippen LogP contribution in [0.15, 0.2) is 24.3 Å². The molecule has 0 aliphatic carbocycles. The number of aromatic amines is 1. The maximum Gasteiger partial charge on any atom is 0.267 e. The molecule has 0 saturated carbocycles. The third-order valence-corrected chi connectivity index (χ3v) is 4.60. The van der Waals surface area contributed by atoms with Crippen LogP contribution < -0.4 is 5.32 Å². The van der Waals surface area contributed by atoms with Crippen molar-refractivity contribution in [3.05, 3.63) is 35.5 Å². The van der Waals surface area contributed by atoms with Gasteiger partial charge in [0.2, 0.25) is 0 Å². The van der Waals surface area contributed by atoms with E-state index in [9.17, 15) is 4.79 Å². The highest BCUT2D eigenvalue weighted by Crippen LogP contribution is 2.22. The van der Waals surface area contributed by atoms with Gasteiger partial charge >= 0.3 is 0 Å². The molecule has 4 nitrogen and oxygen atoms in total. The van der Waals surface area contributed by atoms with Crippen molar-refractivity contribution >= 4 is 16.8 Å². The van der Waals surface area contributed by atoms with Crippen molar-refractivity contribution in [1.29, 1.82) is 0 Å². The molecule has 0 bridgehead atoms. The maximum atomic E-state index is 12.3. The molecule has 118 valence electrons. The zero-order valence-corrected chi connectivity index (χ0v) is 13.6. The van der Waals surface area contributed by atoms with Gasteiger partial charge in [-0.25, -0.2) is 0 Å². The molecule has 2 heterocycles. The van der Waals surface area contributed by atoms with Crippen molar-refractivity contribution in [3.8, 4) is 0 Å². The molecular formula is C18H25N3O. The van der Waals surface area contributed by atoms with Crippen LogP contribution in [0.25, 0.3) is 10.9 Å². The van der Waals surface area contributed by atoms with Gasteiger partial charge in [0.15, 0.2) is 0 Å². The number of hydrogen-bond acceptors (Lipinski definition) is 2. The van der Waals surface area contributed by atoms with E-state index in [0.717, 1.165) is 30.5 Å². The van der Waals surface area contributed by atoms with Crippen LogP contribution in [0.4, 0.5) is 0 Å². The van der Waals surface area contributed by atoms with Gasteiger partial charge < -0.3 is 15.2 Å². The third-order valence-electron chi connectivity index (χ3n) is 4.60. The van der Waals surface area contributed by atoms with E-state index in [2.05, 4.69) is 54.3 Å². The number of likely N-dealkylation sites (tertiary alicyclic amines) is 1. The van der Waals surface area contributed by atoms with E-state index in [4.69, 9.17) is 0 Å². The first-order chi connectivity index (χ1) is 10.5. The van der Waals surface area contributed by atoms with E-state index in [0.29, 0.717) is 17.5 Å². The molecule has 2 aromatic rings. The number of nitrogens with one attached hydrogen (secondary N) is 2. The summed E-state index contributed by atoms with van der Waals surface area (Å²) in [5.41, 5.74) is 2.98. The number of benzene rings is 1. The number of amides is 1. The molecule has 1 amide bonds. The summed E-state index contributed by atoms with van der Waals surface area (Å²) in [6.45, 7) is 7.32. The van der Waals surface area contributed by atoms with Crippen LogP contribution in [0.2, 0.25) is 0 Å². The van der Waals surface area contributed by atoms with Gasteiger partial charge in [-0.05, 0) is 49.5 Å². The monoisotopic (exact) mass is 299 g/mol. The van der Waals surface area contributed by atoms with Gasteiger partial charge in [-0.3, -0.25) is 4.79 Å². The minimum Gasteiger partial charge on any atom is -0.351 e. The highest BCUT2D eigenvalue weighted by atomic mass is 16.1. The van der Waals surface area contributed by atoms with Crippen LogP contribution >= 0.6 is 0 Å². The normalized spacial score (nSPS) is 19.2. The number of fused-ring (bicyclic) bond motifs is 1. The van der Waals surface area contributed by atoms with Crippen LogP contribution in [0.5, 0.6) is 0 Å². The minimum atomic E-state index is -0.00292. The lowest BCUT2D eigenvalue weighted by Gasteiger charge is -2.11. The maximum absolute atomic E-state index is 12.3. The minimum absolute atomic E-state index is 0.00292. The zero-order chi connectivity index (χ0) is 15.7. The summed E-state index contributed by atoms with van der Waals surface area (Å²) in [7, 11) is 2.13. The van der Waals surface area contributed by atoms with E-state index in [-0.39, 0.29) is 5.91 Å². The second-order valence-corrected chi connectivity index (χ2v) is 6.81. The lowest BCUT2D eigenvalue weighted by molar-refractivity contribution is 0.0943. The number of rotatable bonds is 4. The fraction of sp³-hybridized carbons (Fsp3) is 0.500. The number of carbonyl (C=O) groups is 1. The predicted molar refractivity (Wildman–Crippen MR) is 90.3 cm³/mol. The molecule has 1 aromatic heterocycles. The topological polar surface area (TPSA) is 48.1 Å². The molecule has 22 heavy (non-hydrogen) atoms. The molecule has 1 fully saturated rings. The van der Waals surface area contributed by atoms with Crippen molar-refractivity contribution in [2.75, 3.05) is 26.7 Å². The molecule has 1 aromatic carbocycles. The molecular weight excluding hydrogens is 274 g/mol. The number of H-pyrrole nitrogens is 1. The summed E-state index contributed by atoms with van der Waals surface area (Å²) < 4.78 is 0. The van der Waals surface area contributed by atoms with E-state index in [1.54, 1.807) is 0 Å². The van der Waals surface area contributed by atoms with Crippen molar-refractivity contribution in [3.63, 3.8) is 0 Å². The van der Waals surface area contributed by atoms with Crippen molar-refractivity contribution in [2.24, 2.45) is 5.92 Å². The summed E-state index contributed by atoms with van der Waals surface area (Å²) >= 11 is 0. The third kappa shape index (κ3) is 3.17. The van der Waals surface area contributed by atoms with E-state index >= 15 is 0 Å². The largest absolute Gasteiger partial charge is 0.351 e. The van der Waals surface area contributed by atoms with Crippen LogP contribution in [-0.2, 0) is 0 Å². The summed E-state index contributed by atoms with van der Waals surface area (Å²) in [5, 5.41) is 4.16. The van der Waals surface area contributed by atoms with Gasteiger partial charge in [-0.2, -0.15) is 0 Å². The number of hydrogen-bond donors (Lipinski definition) is 2. The van der Waals surface area contributed by atoms with Crippen LogP contribution in [-0.4, -0.2) is 42.5 Å². The van der Waals surface area contributed by atoms with E-state index < -0.39 is 0 Å². The van der Waals surface area contributed by atoms with E-state index in [1.165, 1.54) is 12.0 Å². The lowest BCUT2D eigenvalue weighted by Crippen LogP contribution is -2.30. The quantitative estimate of drug-likeness (QED) is 0.912.